The summed E-state index contributed by atoms with van der Waals surface area (Å²) in [6, 6.07) is 0.272. The molecule has 2 N–H and O–H groups in total. The van der Waals surface area contributed by atoms with E-state index in [1.807, 2.05) is 0 Å². The minimum atomic E-state index is -1.02. The minimum Gasteiger partial charge on any atom is -0.477 e. The highest BCUT2D eigenvalue weighted by Crippen LogP contribution is 2.23. The Bertz CT molecular complexity index is 531. The van der Waals surface area contributed by atoms with Crippen LogP contribution < -0.4 is 5.32 Å². The van der Waals surface area contributed by atoms with Crippen LogP contribution in [0.15, 0.2) is 0 Å². The molecule has 0 unspecified atom stereocenters. The van der Waals surface area contributed by atoms with Crippen LogP contribution >= 0.6 is 11.3 Å². The van der Waals surface area contributed by atoms with Gasteiger partial charge in [0.15, 0.2) is 5.13 Å². The van der Waals surface area contributed by atoms with Gasteiger partial charge in [0, 0.05) is 13.2 Å². The number of hydrogen-bond donors (Lipinski definition) is 2. The van der Waals surface area contributed by atoms with E-state index in [9.17, 15) is 9.59 Å². The number of aryl methyl sites for hydroxylation is 1. The molecule has 1 amide bonds. The van der Waals surface area contributed by atoms with Gasteiger partial charge in [0.1, 0.15) is 4.88 Å². The first kappa shape index (κ1) is 15.9. The van der Waals surface area contributed by atoms with E-state index in [0.717, 1.165) is 30.7 Å². The van der Waals surface area contributed by atoms with E-state index < -0.39 is 5.97 Å². The molecular formula is C13H19N3O4S. The van der Waals surface area contributed by atoms with Gasteiger partial charge in [-0.3, -0.25) is 9.69 Å². The molecule has 2 heterocycles. The number of thiazole rings is 1. The molecule has 1 fully saturated rings. The van der Waals surface area contributed by atoms with Crippen molar-refractivity contribution in [2.75, 3.05) is 32.1 Å². The second-order valence-electron chi connectivity index (χ2n) is 5.01. The van der Waals surface area contributed by atoms with Crippen LogP contribution in [0.3, 0.4) is 0 Å². The number of carbonyl (C=O) groups is 2. The number of carboxylic acid groups (broad SMARTS) is 1. The Labute approximate surface area is 126 Å². The lowest BCUT2D eigenvalue weighted by atomic mass is 10.2. The normalized spacial score (nSPS) is 18.9. The Kier molecular flexibility index (Phi) is 5.27. The van der Waals surface area contributed by atoms with Crippen LogP contribution in [0.2, 0.25) is 0 Å². The van der Waals surface area contributed by atoms with Crippen molar-refractivity contribution in [1.82, 2.24) is 9.88 Å². The van der Waals surface area contributed by atoms with Crippen molar-refractivity contribution in [3.8, 4) is 0 Å². The number of carboxylic acids is 1. The molecule has 0 bridgehead atoms. The predicted molar refractivity (Wildman–Crippen MR) is 78.9 cm³/mol. The highest BCUT2D eigenvalue weighted by molar-refractivity contribution is 7.17. The first-order valence-electron chi connectivity index (χ1n) is 6.74. The maximum atomic E-state index is 12.0. The van der Waals surface area contributed by atoms with E-state index in [1.54, 1.807) is 14.0 Å². The molecule has 1 atom stereocenters. The quantitative estimate of drug-likeness (QED) is 0.820. The van der Waals surface area contributed by atoms with Crippen molar-refractivity contribution in [3.05, 3.63) is 10.6 Å². The lowest BCUT2D eigenvalue weighted by Crippen LogP contribution is -2.38. The van der Waals surface area contributed by atoms with Crippen molar-refractivity contribution < 1.29 is 19.4 Å². The van der Waals surface area contributed by atoms with Crippen molar-refractivity contribution in [2.24, 2.45) is 0 Å². The molecule has 0 saturated carbocycles. The van der Waals surface area contributed by atoms with Crippen molar-refractivity contribution in [1.29, 1.82) is 0 Å². The number of aromatic nitrogens is 1. The third kappa shape index (κ3) is 3.99. The summed E-state index contributed by atoms with van der Waals surface area (Å²) in [5.74, 6) is -1.20. The van der Waals surface area contributed by atoms with E-state index in [4.69, 9.17) is 9.84 Å². The number of carbonyl (C=O) groups excluding carboxylic acids is 1. The maximum absolute atomic E-state index is 12.0. The number of nitrogens with one attached hydrogen (secondary N) is 1. The van der Waals surface area contributed by atoms with Crippen LogP contribution in [0.4, 0.5) is 5.13 Å². The molecule has 1 aromatic heterocycles. The average Bonchev–Trinajstić information content (AvgIpc) is 2.97. The van der Waals surface area contributed by atoms with Gasteiger partial charge in [-0.05, 0) is 26.3 Å². The summed E-state index contributed by atoms with van der Waals surface area (Å²) in [6.45, 7) is 3.38. The third-order valence-electron chi connectivity index (χ3n) is 3.44. The van der Waals surface area contributed by atoms with E-state index in [1.165, 1.54) is 0 Å². The van der Waals surface area contributed by atoms with E-state index in [-0.39, 0.29) is 23.4 Å². The Balaban J connectivity index is 1.92. The Morgan fingerprint density at radius 1 is 1.57 bits per heavy atom. The third-order valence-corrected chi connectivity index (χ3v) is 4.50. The summed E-state index contributed by atoms with van der Waals surface area (Å²) in [7, 11) is 1.66. The number of amides is 1. The number of hydrogen-bond acceptors (Lipinski definition) is 6. The fourth-order valence-electron chi connectivity index (χ4n) is 2.48. The monoisotopic (exact) mass is 313 g/mol. The molecule has 0 aliphatic carbocycles. The molecule has 0 spiro atoms. The Hall–Kier alpha value is -1.51. The van der Waals surface area contributed by atoms with E-state index >= 15 is 0 Å². The number of rotatable bonds is 6. The lowest BCUT2D eigenvalue weighted by molar-refractivity contribution is -0.117. The first-order chi connectivity index (χ1) is 10.0. The van der Waals surface area contributed by atoms with Gasteiger partial charge >= 0.3 is 5.97 Å². The number of nitrogens with zero attached hydrogens (tertiary/aromatic N) is 2. The maximum Gasteiger partial charge on any atom is 0.347 e. The van der Waals surface area contributed by atoms with E-state index in [2.05, 4.69) is 15.2 Å². The summed E-state index contributed by atoms with van der Waals surface area (Å²) in [5.41, 5.74) is 0.418. The molecule has 1 saturated heterocycles. The summed E-state index contributed by atoms with van der Waals surface area (Å²) in [4.78, 5) is 29.3. The largest absolute Gasteiger partial charge is 0.477 e. The molecule has 2 rings (SSSR count). The number of aromatic carboxylic acids is 1. The van der Waals surface area contributed by atoms with Crippen molar-refractivity contribution in [3.63, 3.8) is 0 Å². The summed E-state index contributed by atoms with van der Waals surface area (Å²) < 4.78 is 5.15. The van der Waals surface area contributed by atoms with Crippen LogP contribution in [0.1, 0.15) is 28.2 Å². The molecule has 7 nitrogen and oxygen atoms in total. The zero-order chi connectivity index (χ0) is 15.4. The highest BCUT2D eigenvalue weighted by Gasteiger charge is 2.26. The molecule has 0 aromatic carbocycles. The zero-order valence-corrected chi connectivity index (χ0v) is 12.9. The van der Waals surface area contributed by atoms with Gasteiger partial charge in [0.05, 0.1) is 18.8 Å². The van der Waals surface area contributed by atoms with Gasteiger partial charge in [0.25, 0.3) is 0 Å². The van der Waals surface area contributed by atoms with E-state index in [0.29, 0.717) is 17.4 Å². The smallest absolute Gasteiger partial charge is 0.347 e. The van der Waals surface area contributed by atoms with Crippen LogP contribution in [0, 0.1) is 6.92 Å². The molecule has 21 heavy (non-hydrogen) atoms. The Morgan fingerprint density at radius 3 is 2.95 bits per heavy atom. The molecule has 1 aliphatic heterocycles. The molecule has 8 heteroatoms. The molecular weight excluding hydrogens is 294 g/mol. The average molecular weight is 313 g/mol. The van der Waals surface area contributed by atoms with Gasteiger partial charge in [-0.2, -0.15) is 0 Å². The van der Waals surface area contributed by atoms with Crippen LogP contribution in [-0.2, 0) is 9.53 Å². The molecule has 116 valence electrons. The molecule has 1 aliphatic rings. The number of anilines is 1. The minimum absolute atomic E-state index is 0.156. The fourth-order valence-corrected chi connectivity index (χ4v) is 3.30. The highest BCUT2D eigenvalue weighted by atomic mass is 32.1. The summed E-state index contributed by atoms with van der Waals surface area (Å²) in [5, 5.41) is 12.0. The lowest BCUT2D eigenvalue weighted by Gasteiger charge is -2.22. The summed E-state index contributed by atoms with van der Waals surface area (Å²) in [6.07, 6.45) is 2.08. The second-order valence-corrected chi connectivity index (χ2v) is 6.01. The molecule has 1 aromatic rings. The Morgan fingerprint density at radius 2 is 2.33 bits per heavy atom. The first-order valence-corrected chi connectivity index (χ1v) is 7.56. The second kappa shape index (κ2) is 6.97. The van der Waals surface area contributed by atoms with Gasteiger partial charge in [-0.1, -0.05) is 11.3 Å². The summed E-state index contributed by atoms with van der Waals surface area (Å²) >= 11 is 0.979. The van der Waals surface area contributed by atoms with Crippen LogP contribution in [0.25, 0.3) is 0 Å². The van der Waals surface area contributed by atoms with Gasteiger partial charge in [0.2, 0.25) is 5.91 Å². The van der Waals surface area contributed by atoms with Crippen LogP contribution in [0.5, 0.6) is 0 Å². The fraction of sp³-hybridized carbons (Fsp3) is 0.615. The topological polar surface area (TPSA) is 91.8 Å². The van der Waals surface area contributed by atoms with Crippen LogP contribution in [-0.4, -0.2) is 59.7 Å². The van der Waals surface area contributed by atoms with Crippen molar-refractivity contribution >= 4 is 28.3 Å². The standard InChI is InChI=1S/C13H19N3O4S/c1-8-11(12(18)19)21-13(14-8)15-10(17)6-16-5-3-4-9(16)7-20-2/h9H,3-7H2,1-2H3,(H,18,19)(H,14,15,17)/t9-/m0/s1. The number of methoxy groups -OCH3 is 1. The van der Waals surface area contributed by atoms with Gasteiger partial charge in [-0.15, -0.1) is 0 Å². The number of ether oxygens (including phenoxy) is 1. The SMILES string of the molecule is COC[C@@H]1CCCN1CC(=O)Nc1nc(C)c(C(=O)O)s1. The predicted octanol–water partition coefficient (Wildman–Crippen LogP) is 1.20. The van der Waals surface area contributed by atoms with Crippen molar-refractivity contribution in [2.45, 2.75) is 25.8 Å². The molecule has 0 radical (unpaired) electrons. The zero-order valence-electron chi connectivity index (χ0n) is 12.1. The van der Waals surface area contributed by atoms with Gasteiger partial charge in [-0.25, -0.2) is 9.78 Å². The number of likely N-dealkylation sites (tertiary alicyclic amines) is 1. The van der Waals surface area contributed by atoms with Gasteiger partial charge < -0.3 is 15.2 Å².